The van der Waals surface area contributed by atoms with Gasteiger partial charge in [-0.3, -0.25) is 4.79 Å². The summed E-state index contributed by atoms with van der Waals surface area (Å²) in [5, 5.41) is 16.2. The van der Waals surface area contributed by atoms with Gasteiger partial charge in [0.1, 0.15) is 18.4 Å². The molecule has 0 saturated carbocycles. The van der Waals surface area contributed by atoms with Gasteiger partial charge < -0.3 is 14.6 Å². The van der Waals surface area contributed by atoms with E-state index in [0.29, 0.717) is 30.1 Å². The molecule has 4 N–H and O–H groups in total. The van der Waals surface area contributed by atoms with Crippen LogP contribution in [0.15, 0.2) is 84.0 Å². The van der Waals surface area contributed by atoms with Gasteiger partial charge in [-0.15, -0.1) is 0 Å². The van der Waals surface area contributed by atoms with Crippen LogP contribution in [0.4, 0.5) is 0 Å². The van der Waals surface area contributed by atoms with Crippen LogP contribution in [0, 0.1) is 6.92 Å². The summed E-state index contributed by atoms with van der Waals surface area (Å²) in [6, 6.07) is 24.5. The van der Waals surface area contributed by atoms with Crippen LogP contribution >= 0.6 is 0 Å². The second kappa shape index (κ2) is 11.3. The van der Waals surface area contributed by atoms with E-state index in [1.165, 1.54) is 11.8 Å². The molecular weight excluding hydrogens is 480 g/mol. The number of hydrogen-bond donors (Lipinski definition) is 4. The number of nitrogens with zero attached hydrogens (tertiary/aromatic N) is 1. The molecule has 1 fully saturated rings. The summed E-state index contributed by atoms with van der Waals surface area (Å²) in [4.78, 5) is 12.7. The lowest BCUT2D eigenvalue weighted by molar-refractivity contribution is -0.122. The Morgan fingerprint density at radius 2 is 1.87 bits per heavy atom. The number of amides is 1. The molecule has 5 rings (SSSR count). The van der Waals surface area contributed by atoms with E-state index in [1.807, 2.05) is 60.7 Å². The van der Waals surface area contributed by atoms with Gasteiger partial charge in [0.2, 0.25) is 0 Å². The van der Waals surface area contributed by atoms with E-state index >= 15 is 0 Å². The van der Waals surface area contributed by atoms with Gasteiger partial charge in [0.05, 0.1) is 13.3 Å². The highest BCUT2D eigenvalue weighted by atomic mass is 16.5. The molecule has 8 heteroatoms. The van der Waals surface area contributed by atoms with Crippen molar-refractivity contribution in [2.75, 3.05) is 7.11 Å². The Balaban J connectivity index is 1.20. The van der Waals surface area contributed by atoms with Crippen LogP contribution in [0.25, 0.3) is 10.8 Å². The van der Waals surface area contributed by atoms with Gasteiger partial charge in [-0.05, 0) is 53.4 Å². The van der Waals surface area contributed by atoms with Gasteiger partial charge in [-0.1, -0.05) is 66.2 Å². The first kappa shape index (κ1) is 25.3. The molecule has 194 valence electrons. The van der Waals surface area contributed by atoms with Crippen molar-refractivity contribution < 1.29 is 19.4 Å². The first-order chi connectivity index (χ1) is 18.5. The summed E-state index contributed by atoms with van der Waals surface area (Å²) < 4.78 is 11.6. The quantitative estimate of drug-likeness (QED) is 0.206. The van der Waals surface area contributed by atoms with Crippen LogP contribution in [0.5, 0.6) is 17.2 Å². The minimum atomic E-state index is -0.485. The number of methoxy groups -OCH3 is 1. The number of phenols is 1. The number of carbonyl (C=O) groups excluding carboxylic acids is 1. The Kier molecular flexibility index (Phi) is 7.53. The molecule has 0 aliphatic carbocycles. The highest BCUT2D eigenvalue weighted by molar-refractivity contribution is 6.02. The zero-order valence-corrected chi connectivity index (χ0v) is 21.3. The van der Waals surface area contributed by atoms with Gasteiger partial charge in [-0.2, -0.15) is 5.10 Å². The minimum Gasteiger partial charge on any atom is -0.507 e. The van der Waals surface area contributed by atoms with Crippen molar-refractivity contribution in [3.8, 4) is 17.2 Å². The maximum atomic E-state index is 12.7. The maximum Gasteiger partial charge on any atom is 0.258 e. The average Bonchev–Trinajstić information content (AvgIpc) is 3.44. The number of hydrogen-bond acceptors (Lipinski definition) is 7. The van der Waals surface area contributed by atoms with E-state index in [9.17, 15) is 9.90 Å². The Labute approximate surface area is 221 Å². The standard InChI is InChI=1S/C30H30N4O4/c1-19-7-9-20(10-8-19)18-38-28-14-12-22(15-29(28)37-2)25-16-26(33-32-25)30(36)34-31-17-24-23-6-4-3-5-21(23)11-13-27(24)35/h3-15,17,25-26,32-33,35H,16,18H2,1-2H3,(H,34,36)/b31-17+. The lowest BCUT2D eigenvalue weighted by Gasteiger charge is -2.15. The second-order valence-corrected chi connectivity index (χ2v) is 9.27. The van der Waals surface area contributed by atoms with Gasteiger partial charge in [0, 0.05) is 11.6 Å². The molecule has 4 aromatic carbocycles. The van der Waals surface area contributed by atoms with E-state index < -0.39 is 6.04 Å². The largest absolute Gasteiger partial charge is 0.507 e. The van der Waals surface area contributed by atoms with Gasteiger partial charge >= 0.3 is 0 Å². The van der Waals surface area contributed by atoms with Crippen molar-refractivity contribution in [1.82, 2.24) is 16.3 Å². The molecule has 1 saturated heterocycles. The predicted molar refractivity (Wildman–Crippen MR) is 147 cm³/mol. The Morgan fingerprint density at radius 1 is 1.05 bits per heavy atom. The van der Waals surface area contributed by atoms with Crippen LogP contribution in [0.1, 0.15) is 34.7 Å². The molecule has 1 heterocycles. The smallest absolute Gasteiger partial charge is 0.258 e. The third kappa shape index (κ3) is 5.61. The molecule has 0 radical (unpaired) electrons. The van der Waals surface area contributed by atoms with Crippen LogP contribution in [-0.4, -0.2) is 30.4 Å². The average molecular weight is 511 g/mol. The summed E-state index contributed by atoms with van der Waals surface area (Å²) >= 11 is 0. The van der Waals surface area contributed by atoms with E-state index in [1.54, 1.807) is 13.2 Å². The van der Waals surface area contributed by atoms with E-state index in [2.05, 4.69) is 40.4 Å². The number of nitrogens with one attached hydrogen (secondary N) is 3. The number of benzene rings is 4. The molecule has 2 atom stereocenters. The Bertz CT molecular complexity index is 1470. The number of phenolic OH excluding ortho intramolecular Hbond substituents is 1. The van der Waals surface area contributed by atoms with Crippen molar-refractivity contribution in [3.05, 3.63) is 101 Å². The second-order valence-electron chi connectivity index (χ2n) is 9.27. The number of aromatic hydroxyl groups is 1. The molecule has 4 aromatic rings. The Morgan fingerprint density at radius 3 is 2.68 bits per heavy atom. The Hall–Kier alpha value is -4.40. The summed E-state index contributed by atoms with van der Waals surface area (Å²) in [7, 11) is 1.61. The number of hydrazone groups is 1. The van der Waals surface area contributed by atoms with Crippen molar-refractivity contribution in [2.24, 2.45) is 5.10 Å². The topological polar surface area (TPSA) is 104 Å². The SMILES string of the molecule is COc1cc(C2CC(C(=O)N/N=C/c3c(O)ccc4ccccc34)NN2)ccc1OCc1ccc(C)cc1. The lowest BCUT2D eigenvalue weighted by Crippen LogP contribution is -2.41. The van der Waals surface area contributed by atoms with Gasteiger partial charge in [0.25, 0.3) is 5.91 Å². The third-order valence-corrected chi connectivity index (χ3v) is 6.64. The summed E-state index contributed by atoms with van der Waals surface area (Å²) in [6.07, 6.45) is 1.99. The van der Waals surface area contributed by atoms with Gasteiger partial charge in [0.15, 0.2) is 11.5 Å². The molecule has 1 amide bonds. The first-order valence-corrected chi connectivity index (χ1v) is 12.4. The normalized spacial score (nSPS) is 17.1. The summed E-state index contributed by atoms with van der Waals surface area (Å²) in [6.45, 7) is 2.50. The first-order valence-electron chi connectivity index (χ1n) is 12.4. The van der Waals surface area contributed by atoms with E-state index in [-0.39, 0.29) is 17.7 Å². The molecule has 0 spiro atoms. The summed E-state index contributed by atoms with van der Waals surface area (Å²) in [5.41, 5.74) is 12.6. The molecule has 1 aliphatic rings. The molecule has 0 bridgehead atoms. The maximum absolute atomic E-state index is 12.7. The van der Waals surface area contributed by atoms with E-state index in [0.717, 1.165) is 21.9 Å². The zero-order chi connectivity index (χ0) is 26.5. The van der Waals surface area contributed by atoms with Crippen molar-refractivity contribution in [1.29, 1.82) is 0 Å². The number of ether oxygens (including phenoxy) is 2. The number of aryl methyl sites for hydroxylation is 1. The predicted octanol–water partition coefficient (Wildman–Crippen LogP) is 4.50. The van der Waals surface area contributed by atoms with Crippen LogP contribution < -0.4 is 25.8 Å². The fourth-order valence-electron chi connectivity index (χ4n) is 4.47. The molecule has 1 aliphatic heterocycles. The third-order valence-electron chi connectivity index (χ3n) is 6.64. The van der Waals surface area contributed by atoms with Crippen LogP contribution in [0.3, 0.4) is 0 Å². The number of carbonyl (C=O) groups is 1. The fraction of sp³-hybridized carbons (Fsp3) is 0.200. The van der Waals surface area contributed by atoms with Gasteiger partial charge in [-0.25, -0.2) is 16.3 Å². The number of fused-ring (bicyclic) bond motifs is 1. The van der Waals surface area contributed by atoms with E-state index in [4.69, 9.17) is 9.47 Å². The lowest BCUT2D eigenvalue weighted by atomic mass is 10.0. The monoisotopic (exact) mass is 510 g/mol. The minimum absolute atomic E-state index is 0.0997. The molecule has 38 heavy (non-hydrogen) atoms. The number of rotatable bonds is 8. The van der Waals surface area contributed by atoms with Crippen LogP contribution in [-0.2, 0) is 11.4 Å². The van der Waals surface area contributed by atoms with Crippen molar-refractivity contribution >= 4 is 22.9 Å². The molecule has 2 unspecified atom stereocenters. The van der Waals surface area contributed by atoms with Crippen LogP contribution in [0.2, 0.25) is 0 Å². The van der Waals surface area contributed by atoms with Crippen molar-refractivity contribution in [2.45, 2.75) is 32.0 Å². The fourth-order valence-corrected chi connectivity index (χ4v) is 4.47. The molecular formula is C30H30N4O4. The molecule has 8 nitrogen and oxygen atoms in total. The highest BCUT2D eigenvalue weighted by Gasteiger charge is 2.30. The zero-order valence-electron chi connectivity index (χ0n) is 21.3. The summed E-state index contributed by atoms with van der Waals surface area (Å²) in [5.74, 6) is 1.11. The highest BCUT2D eigenvalue weighted by Crippen LogP contribution is 2.33. The van der Waals surface area contributed by atoms with Crippen molar-refractivity contribution in [3.63, 3.8) is 0 Å². The number of hydrazine groups is 1. The molecule has 0 aromatic heterocycles.